The molecular weight excluding hydrogens is 230 g/mol. The van der Waals surface area contributed by atoms with Crippen molar-refractivity contribution in [1.82, 2.24) is 15.0 Å². The molecule has 0 amide bonds. The molecule has 0 aliphatic carbocycles. The minimum absolute atomic E-state index is 0.671. The quantitative estimate of drug-likeness (QED) is 0.898. The summed E-state index contributed by atoms with van der Waals surface area (Å²) in [5.74, 6) is -0.942. The Morgan fingerprint density at radius 3 is 2.44 bits per heavy atom. The summed E-state index contributed by atoms with van der Waals surface area (Å²) in [5.41, 5.74) is 1.66. The molecule has 0 aliphatic heterocycles. The molecule has 0 aliphatic rings. The third-order valence-corrected chi connectivity index (χ3v) is 2.94. The van der Waals surface area contributed by atoms with Crippen molar-refractivity contribution < 1.29 is 9.90 Å². The van der Waals surface area contributed by atoms with Crippen molar-refractivity contribution in [2.75, 3.05) is 0 Å². The number of hydrogen-bond acceptors (Lipinski definition) is 3. The van der Waals surface area contributed by atoms with Gasteiger partial charge in [0.25, 0.3) is 0 Å². The van der Waals surface area contributed by atoms with E-state index in [9.17, 15) is 4.79 Å². The van der Waals surface area contributed by atoms with E-state index in [2.05, 4.69) is 10.3 Å². The Kier molecular flexibility index (Phi) is 2.90. The first-order chi connectivity index (χ1) is 8.41. The van der Waals surface area contributed by atoms with Crippen LogP contribution < -0.4 is 0 Å². The van der Waals surface area contributed by atoms with Gasteiger partial charge in [0.05, 0.1) is 6.20 Å². The second-order valence-corrected chi connectivity index (χ2v) is 4.78. The number of carboxylic acid groups (broad SMARTS) is 1. The second kappa shape index (κ2) is 4.25. The standard InChI is InChI=1S/C13H15N3O2/c1-9-4-6-10(7-5-9)11-8-16(15-14-11)13(2,3)12(17)18/h4-8H,1-3H3,(H,17,18). The van der Waals surface area contributed by atoms with Crippen molar-refractivity contribution in [2.45, 2.75) is 26.3 Å². The van der Waals surface area contributed by atoms with Gasteiger partial charge < -0.3 is 5.11 Å². The molecule has 1 aromatic carbocycles. The van der Waals surface area contributed by atoms with E-state index in [1.54, 1.807) is 20.0 Å². The van der Waals surface area contributed by atoms with Crippen LogP contribution in [-0.2, 0) is 10.3 Å². The molecule has 0 spiro atoms. The van der Waals surface area contributed by atoms with E-state index in [4.69, 9.17) is 5.11 Å². The summed E-state index contributed by atoms with van der Waals surface area (Å²) in [6, 6.07) is 7.85. The lowest BCUT2D eigenvalue weighted by atomic mass is 10.1. The smallest absolute Gasteiger partial charge is 0.331 e. The van der Waals surface area contributed by atoms with Crippen LogP contribution in [0, 0.1) is 6.92 Å². The molecule has 1 N–H and O–H groups in total. The number of aryl methyl sites for hydroxylation is 1. The second-order valence-electron chi connectivity index (χ2n) is 4.78. The van der Waals surface area contributed by atoms with Gasteiger partial charge in [-0.2, -0.15) is 0 Å². The highest BCUT2D eigenvalue weighted by Gasteiger charge is 2.30. The molecule has 2 aromatic rings. The first-order valence-electron chi connectivity index (χ1n) is 5.64. The number of aliphatic carboxylic acids is 1. The maximum absolute atomic E-state index is 11.1. The van der Waals surface area contributed by atoms with Crippen molar-refractivity contribution in [3.8, 4) is 11.3 Å². The van der Waals surface area contributed by atoms with Gasteiger partial charge >= 0.3 is 5.97 Å². The van der Waals surface area contributed by atoms with Crippen molar-refractivity contribution in [2.24, 2.45) is 0 Å². The first-order valence-corrected chi connectivity index (χ1v) is 5.64. The fraction of sp³-hybridized carbons (Fsp3) is 0.308. The van der Waals surface area contributed by atoms with Gasteiger partial charge in [-0.3, -0.25) is 0 Å². The number of aromatic nitrogens is 3. The average Bonchev–Trinajstić information content (AvgIpc) is 2.79. The summed E-state index contributed by atoms with van der Waals surface area (Å²) in [7, 11) is 0. The zero-order valence-corrected chi connectivity index (χ0v) is 10.6. The van der Waals surface area contributed by atoms with Gasteiger partial charge in [-0.25, -0.2) is 9.48 Å². The minimum Gasteiger partial charge on any atom is -0.479 e. The number of rotatable bonds is 3. The molecule has 5 nitrogen and oxygen atoms in total. The molecule has 1 aromatic heterocycles. The van der Waals surface area contributed by atoms with E-state index in [1.807, 2.05) is 31.2 Å². The van der Waals surface area contributed by atoms with E-state index in [-0.39, 0.29) is 0 Å². The molecule has 5 heteroatoms. The highest BCUT2D eigenvalue weighted by atomic mass is 16.4. The molecule has 0 atom stereocenters. The predicted molar refractivity (Wildman–Crippen MR) is 67.2 cm³/mol. The summed E-state index contributed by atoms with van der Waals surface area (Å²) in [4.78, 5) is 11.1. The minimum atomic E-state index is -1.10. The molecule has 18 heavy (non-hydrogen) atoms. The van der Waals surface area contributed by atoms with Gasteiger partial charge in [0.15, 0.2) is 5.54 Å². The van der Waals surface area contributed by atoms with Crippen LogP contribution in [0.4, 0.5) is 0 Å². The van der Waals surface area contributed by atoms with Crippen LogP contribution in [0.2, 0.25) is 0 Å². The molecule has 0 bridgehead atoms. The highest BCUT2D eigenvalue weighted by Crippen LogP contribution is 2.20. The Morgan fingerprint density at radius 2 is 1.89 bits per heavy atom. The number of hydrogen-bond donors (Lipinski definition) is 1. The zero-order valence-electron chi connectivity index (χ0n) is 10.6. The van der Waals surface area contributed by atoms with E-state index in [1.165, 1.54) is 4.68 Å². The number of carbonyl (C=O) groups is 1. The van der Waals surface area contributed by atoms with Gasteiger partial charge in [-0.1, -0.05) is 35.0 Å². The number of benzene rings is 1. The summed E-state index contributed by atoms with van der Waals surface area (Å²) in [5, 5.41) is 17.0. The predicted octanol–water partition coefficient (Wildman–Crippen LogP) is 2.07. The SMILES string of the molecule is Cc1ccc(-c2cn(C(C)(C)C(=O)O)nn2)cc1. The molecule has 2 rings (SSSR count). The van der Waals surface area contributed by atoms with Gasteiger partial charge in [0, 0.05) is 5.56 Å². The lowest BCUT2D eigenvalue weighted by molar-refractivity contribution is -0.146. The number of carboxylic acids is 1. The van der Waals surface area contributed by atoms with Crippen LogP contribution in [0.5, 0.6) is 0 Å². The summed E-state index contributed by atoms with van der Waals surface area (Å²) in [6.07, 6.45) is 1.65. The van der Waals surface area contributed by atoms with Gasteiger partial charge in [0.2, 0.25) is 0 Å². The Bertz CT molecular complexity index is 570. The normalized spacial score (nSPS) is 11.5. The van der Waals surface area contributed by atoms with Crippen molar-refractivity contribution in [3.63, 3.8) is 0 Å². The van der Waals surface area contributed by atoms with E-state index in [0.717, 1.165) is 11.1 Å². The molecule has 0 unspecified atom stereocenters. The maximum Gasteiger partial charge on any atom is 0.331 e. The Hall–Kier alpha value is -2.17. The van der Waals surface area contributed by atoms with Crippen LogP contribution in [0.3, 0.4) is 0 Å². The molecule has 0 saturated heterocycles. The fourth-order valence-corrected chi connectivity index (χ4v) is 1.49. The zero-order chi connectivity index (χ0) is 13.3. The molecular formula is C13H15N3O2. The average molecular weight is 245 g/mol. The van der Waals surface area contributed by atoms with Gasteiger partial charge in [-0.15, -0.1) is 5.10 Å². The first kappa shape index (κ1) is 12.3. The molecule has 0 radical (unpaired) electrons. The highest BCUT2D eigenvalue weighted by molar-refractivity contribution is 5.75. The third-order valence-electron chi connectivity index (χ3n) is 2.94. The third kappa shape index (κ3) is 2.11. The van der Waals surface area contributed by atoms with E-state index >= 15 is 0 Å². The van der Waals surface area contributed by atoms with Crippen LogP contribution >= 0.6 is 0 Å². The molecule has 94 valence electrons. The van der Waals surface area contributed by atoms with Crippen LogP contribution in [0.1, 0.15) is 19.4 Å². The largest absolute Gasteiger partial charge is 0.479 e. The fourth-order valence-electron chi connectivity index (χ4n) is 1.49. The molecule has 1 heterocycles. The lowest BCUT2D eigenvalue weighted by Crippen LogP contribution is -2.36. The Balaban J connectivity index is 2.37. The number of nitrogens with zero attached hydrogens (tertiary/aromatic N) is 3. The van der Waals surface area contributed by atoms with Crippen LogP contribution in [-0.4, -0.2) is 26.1 Å². The summed E-state index contributed by atoms with van der Waals surface area (Å²) >= 11 is 0. The van der Waals surface area contributed by atoms with Crippen molar-refractivity contribution >= 4 is 5.97 Å². The van der Waals surface area contributed by atoms with Gasteiger partial charge in [-0.05, 0) is 20.8 Å². The van der Waals surface area contributed by atoms with Crippen molar-refractivity contribution in [3.05, 3.63) is 36.0 Å². The van der Waals surface area contributed by atoms with Crippen molar-refractivity contribution in [1.29, 1.82) is 0 Å². The molecule has 0 fully saturated rings. The lowest BCUT2D eigenvalue weighted by Gasteiger charge is -2.18. The van der Waals surface area contributed by atoms with Crippen LogP contribution in [0.15, 0.2) is 30.5 Å². The van der Waals surface area contributed by atoms with Gasteiger partial charge in [0.1, 0.15) is 5.69 Å². The monoisotopic (exact) mass is 245 g/mol. The summed E-state index contributed by atoms with van der Waals surface area (Å²) < 4.78 is 1.37. The van der Waals surface area contributed by atoms with Crippen LogP contribution in [0.25, 0.3) is 11.3 Å². The molecule has 0 saturated carbocycles. The van der Waals surface area contributed by atoms with E-state index < -0.39 is 11.5 Å². The Labute approximate surface area is 105 Å². The maximum atomic E-state index is 11.1. The summed E-state index contributed by atoms with van der Waals surface area (Å²) in [6.45, 7) is 5.18. The Morgan fingerprint density at radius 1 is 1.28 bits per heavy atom. The van der Waals surface area contributed by atoms with E-state index in [0.29, 0.717) is 5.69 Å². The topological polar surface area (TPSA) is 68.0 Å².